The van der Waals surface area contributed by atoms with Gasteiger partial charge in [0.25, 0.3) is 5.56 Å². The Morgan fingerprint density at radius 2 is 1.72 bits per heavy atom. The fraction of sp³-hybridized carbons (Fsp3) is 0. The summed E-state index contributed by atoms with van der Waals surface area (Å²) < 4.78 is 0. The minimum atomic E-state index is -1.25. The van der Waals surface area contributed by atoms with Crippen LogP contribution in [-0.4, -0.2) is 11.0 Å². The van der Waals surface area contributed by atoms with Crippen molar-refractivity contribution in [3.05, 3.63) is 58.4 Å². The van der Waals surface area contributed by atoms with Gasteiger partial charge in [-0.25, -0.2) is 0 Å². The molecule has 1 aromatic heterocycles. The van der Waals surface area contributed by atoms with Crippen LogP contribution >= 0.6 is 0 Å². The number of carbonyl (C=O) groups is 1. The minimum absolute atomic E-state index is 0.0833. The summed E-state index contributed by atoms with van der Waals surface area (Å²) in [5.41, 5.74) is 0.356. The topological polar surface area (TPSA) is 73.0 Å². The van der Waals surface area contributed by atoms with Crippen molar-refractivity contribution in [2.24, 2.45) is 0 Å². The highest BCUT2D eigenvalue weighted by molar-refractivity contribution is 6.14. The summed E-state index contributed by atoms with van der Waals surface area (Å²) in [6.45, 7) is 0. The highest BCUT2D eigenvalue weighted by atomic mass is 16.4. The highest BCUT2D eigenvalue weighted by Gasteiger charge is 2.08. The summed E-state index contributed by atoms with van der Waals surface area (Å²) in [7, 11) is 0. The van der Waals surface area contributed by atoms with Gasteiger partial charge >= 0.3 is 0 Å². The second kappa shape index (κ2) is 3.70. The van der Waals surface area contributed by atoms with E-state index in [1.807, 2.05) is 0 Å². The van der Waals surface area contributed by atoms with Crippen LogP contribution in [0.5, 0.6) is 0 Å². The number of carboxylic acid groups (broad SMARTS) is 1. The average Bonchev–Trinajstić information content (AvgIpc) is 2.38. The van der Waals surface area contributed by atoms with Crippen molar-refractivity contribution in [2.75, 3.05) is 0 Å². The Hall–Kier alpha value is -2.62. The average molecular weight is 238 g/mol. The maximum Gasteiger partial charge on any atom is 0.256 e. The molecule has 88 valence electrons. The number of hydrogen-bond acceptors (Lipinski definition) is 3. The molecule has 0 aliphatic carbocycles. The molecule has 0 unspecified atom stereocenters. The van der Waals surface area contributed by atoms with Gasteiger partial charge in [0.2, 0.25) is 0 Å². The smallest absolute Gasteiger partial charge is 0.256 e. The van der Waals surface area contributed by atoms with Crippen molar-refractivity contribution in [1.82, 2.24) is 4.98 Å². The van der Waals surface area contributed by atoms with E-state index in [-0.39, 0.29) is 11.1 Å². The zero-order valence-corrected chi connectivity index (χ0v) is 9.27. The van der Waals surface area contributed by atoms with Crippen LogP contribution < -0.4 is 10.7 Å². The Kier molecular flexibility index (Phi) is 2.16. The molecule has 0 aliphatic heterocycles. The van der Waals surface area contributed by atoms with Gasteiger partial charge in [-0.05, 0) is 17.5 Å². The van der Waals surface area contributed by atoms with E-state index in [0.29, 0.717) is 21.7 Å². The molecule has 0 radical (unpaired) electrons. The van der Waals surface area contributed by atoms with Crippen molar-refractivity contribution < 1.29 is 9.90 Å². The number of aromatic nitrogens is 1. The number of H-pyrrole nitrogens is 1. The van der Waals surface area contributed by atoms with E-state index >= 15 is 0 Å². The predicted octanol–water partition coefficient (Wildman–Crippen LogP) is 1.04. The van der Waals surface area contributed by atoms with Crippen LogP contribution in [0.3, 0.4) is 0 Å². The number of rotatable bonds is 1. The van der Waals surface area contributed by atoms with Gasteiger partial charge in [-0.1, -0.05) is 30.3 Å². The summed E-state index contributed by atoms with van der Waals surface area (Å²) in [6, 6.07) is 11.6. The number of aromatic amines is 1. The Labute approximate surface area is 101 Å². The first-order valence-electron chi connectivity index (χ1n) is 5.43. The zero-order chi connectivity index (χ0) is 12.7. The van der Waals surface area contributed by atoms with Crippen LogP contribution in [0.4, 0.5) is 0 Å². The summed E-state index contributed by atoms with van der Waals surface area (Å²) in [4.78, 5) is 25.7. The molecule has 0 saturated carbocycles. The maximum atomic E-state index is 11.9. The molecule has 3 aromatic rings. The molecule has 0 atom stereocenters. The lowest BCUT2D eigenvalue weighted by atomic mass is 10.0. The fourth-order valence-electron chi connectivity index (χ4n) is 2.21. The van der Waals surface area contributed by atoms with Crippen molar-refractivity contribution in [3.8, 4) is 0 Å². The Bertz CT molecular complexity index is 833. The van der Waals surface area contributed by atoms with Gasteiger partial charge in [0, 0.05) is 21.9 Å². The number of aromatic carboxylic acids is 1. The Morgan fingerprint density at radius 1 is 1.00 bits per heavy atom. The quantitative estimate of drug-likeness (QED) is 0.644. The maximum absolute atomic E-state index is 11.9. The van der Waals surface area contributed by atoms with Gasteiger partial charge in [0.15, 0.2) is 0 Å². The second-order valence-electron chi connectivity index (χ2n) is 4.02. The monoisotopic (exact) mass is 238 g/mol. The lowest BCUT2D eigenvalue weighted by Crippen LogP contribution is -2.23. The van der Waals surface area contributed by atoms with Crippen LogP contribution in [0.15, 0.2) is 47.3 Å². The van der Waals surface area contributed by atoms with Crippen molar-refractivity contribution in [1.29, 1.82) is 0 Å². The van der Waals surface area contributed by atoms with Crippen LogP contribution in [-0.2, 0) is 0 Å². The lowest BCUT2D eigenvalue weighted by Gasteiger charge is -2.09. The van der Waals surface area contributed by atoms with Crippen LogP contribution in [0, 0.1) is 0 Å². The molecule has 2 aromatic carbocycles. The molecule has 0 fully saturated rings. The van der Waals surface area contributed by atoms with Gasteiger partial charge in [0.05, 0.1) is 5.97 Å². The molecule has 4 nitrogen and oxygen atoms in total. The van der Waals surface area contributed by atoms with Crippen molar-refractivity contribution in [2.45, 2.75) is 0 Å². The van der Waals surface area contributed by atoms with Crippen molar-refractivity contribution in [3.63, 3.8) is 0 Å². The lowest BCUT2D eigenvalue weighted by molar-refractivity contribution is -0.254. The third-order valence-corrected chi connectivity index (χ3v) is 2.97. The van der Waals surface area contributed by atoms with E-state index in [4.69, 9.17) is 0 Å². The van der Waals surface area contributed by atoms with Crippen molar-refractivity contribution >= 4 is 27.6 Å². The van der Waals surface area contributed by atoms with E-state index in [2.05, 4.69) is 4.98 Å². The summed E-state index contributed by atoms with van der Waals surface area (Å²) >= 11 is 0. The zero-order valence-electron chi connectivity index (χ0n) is 9.27. The molecule has 0 aliphatic rings. The van der Waals surface area contributed by atoms with E-state index in [9.17, 15) is 14.7 Å². The fourth-order valence-corrected chi connectivity index (χ4v) is 2.21. The molecule has 4 heteroatoms. The first-order valence-corrected chi connectivity index (χ1v) is 5.43. The Balaban J connectivity index is 2.67. The number of benzene rings is 2. The first-order chi connectivity index (χ1) is 8.68. The number of carboxylic acids is 1. The molecule has 3 rings (SSSR count). The Morgan fingerprint density at radius 3 is 2.44 bits per heavy atom. The molecule has 0 saturated heterocycles. The molecule has 0 amide bonds. The van der Waals surface area contributed by atoms with Gasteiger partial charge in [-0.3, -0.25) is 4.79 Å². The minimum Gasteiger partial charge on any atom is -0.545 e. The summed E-state index contributed by atoms with van der Waals surface area (Å²) in [5, 5.41) is 12.7. The number of carbonyl (C=O) groups excluding carboxylic acids is 1. The number of hydrogen-bond donors (Lipinski definition) is 1. The SMILES string of the molecule is O=C([O-])c1cccc2[nH]c(=O)c3ccccc3c12. The summed E-state index contributed by atoms with van der Waals surface area (Å²) in [5.74, 6) is -1.25. The first kappa shape index (κ1) is 10.5. The number of nitrogens with one attached hydrogen (secondary N) is 1. The molecular formula is C14H8NO3-. The number of fused-ring (bicyclic) bond motifs is 3. The molecule has 0 bridgehead atoms. The molecule has 1 heterocycles. The van der Waals surface area contributed by atoms with Gasteiger partial charge in [-0.2, -0.15) is 0 Å². The largest absolute Gasteiger partial charge is 0.545 e. The third kappa shape index (κ3) is 1.39. The normalized spacial score (nSPS) is 10.9. The number of pyridine rings is 1. The van der Waals surface area contributed by atoms with Crippen LogP contribution in [0.2, 0.25) is 0 Å². The summed E-state index contributed by atoms with van der Waals surface area (Å²) in [6.07, 6.45) is 0. The second-order valence-corrected chi connectivity index (χ2v) is 4.02. The third-order valence-electron chi connectivity index (χ3n) is 2.97. The van der Waals surface area contributed by atoms with Gasteiger partial charge in [0.1, 0.15) is 0 Å². The molecule has 0 spiro atoms. The van der Waals surface area contributed by atoms with E-state index < -0.39 is 5.97 Å². The standard InChI is InChI=1S/C14H9NO3/c16-13-9-5-2-1-4-8(9)12-10(14(17)18)6-3-7-11(12)15-13/h1-7H,(H,15,16)(H,17,18)/p-1. The van der Waals surface area contributed by atoms with Crippen LogP contribution in [0.25, 0.3) is 21.7 Å². The van der Waals surface area contributed by atoms with Gasteiger partial charge < -0.3 is 14.9 Å². The molecule has 1 N–H and O–H groups in total. The predicted molar refractivity (Wildman–Crippen MR) is 66.4 cm³/mol. The van der Waals surface area contributed by atoms with E-state index in [0.717, 1.165) is 0 Å². The van der Waals surface area contributed by atoms with E-state index in [1.165, 1.54) is 6.07 Å². The highest BCUT2D eigenvalue weighted by Crippen LogP contribution is 2.24. The van der Waals surface area contributed by atoms with E-state index in [1.54, 1.807) is 36.4 Å². The van der Waals surface area contributed by atoms with Gasteiger partial charge in [-0.15, -0.1) is 0 Å². The molecular weight excluding hydrogens is 230 g/mol. The molecule has 18 heavy (non-hydrogen) atoms. The van der Waals surface area contributed by atoms with Crippen LogP contribution in [0.1, 0.15) is 10.4 Å².